The second-order valence-corrected chi connectivity index (χ2v) is 9.90. The number of carbonyl (C=O) groups excluding carboxylic acids is 3. The molecule has 0 aromatic heterocycles. The number of amides is 4. The predicted molar refractivity (Wildman–Crippen MR) is 180 cm³/mol. The van der Waals surface area contributed by atoms with Gasteiger partial charge in [-0.3, -0.25) is 9.59 Å². The number of nitrogens with zero attached hydrogens (tertiary/aromatic N) is 1. The molecule has 1 saturated heterocycles. The van der Waals surface area contributed by atoms with Gasteiger partial charge in [0, 0.05) is 39.7 Å². The molecule has 1 aliphatic rings. The van der Waals surface area contributed by atoms with Crippen LogP contribution in [0.4, 0.5) is 4.79 Å². The lowest BCUT2D eigenvalue weighted by molar-refractivity contribution is -0.128. The lowest BCUT2D eigenvalue weighted by Gasteiger charge is -2.37. The Morgan fingerprint density at radius 2 is 1.80 bits per heavy atom. The first-order valence-corrected chi connectivity index (χ1v) is 13.9. The van der Waals surface area contributed by atoms with Crippen molar-refractivity contribution in [2.75, 3.05) is 19.7 Å². The van der Waals surface area contributed by atoms with Crippen LogP contribution < -0.4 is 20.7 Å². The maximum Gasteiger partial charge on any atom is 0.318 e. The van der Waals surface area contributed by atoms with Crippen molar-refractivity contribution in [2.45, 2.75) is 77.2 Å². The summed E-state index contributed by atoms with van der Waals surface area (Å²) in [4.78, 5) is 42.2. The molecule has 0 unspecified atom stereocenters. The van der Waals surface area contributed by atoms with E-state index >= 15 is 0 Å². The first kappa shape index (κ1) is 14.2. The summed E-state index contributed by atoms with van der Waals surface area (Å²) in [5, 5.41) is 18.4. The molecule has 0 saturated carbocycles. The number of para-hydroxylation sites is 1. The molecule has 0 radical (unpaired) electrons. The lowest BCUT2D eigenvalue weighted by atomic mass is 9.92. The standard InChI is InChI=1S/C37H48N4O5/c1-25(2)34(41-20-12-19-38-37(41)45)36(44)39-30(21-28-15-7-5-8-16-28)23-32(42)31(22-29-17-9-6-10-18-29)40-33(43)24-46-35-26(3)13-11-14-27(35)4/h5-11,13-18,25,30-32,34,42H,12,19-24H2,1-4H3,(H,38,45)(H,39,44)(H,40,43)/t30-,31-,32-,34-/m0/s1/i1D3,2D3,3D3,4D3,6D,9D,10D,11D,13D,14D,17D,18D,22D2,25D,31D,34D. The van der Waals surface area contributed by atoms with Gasteiger partial charge in [-0.1, -0.05) is 92.4 Å². The van der Waals surface area contributed by atoms with Crippen LogP contribution in [-0.2, 0) is 22.4 Å². The maximum atomic E-state index is 14.7. The van der Waals surface area contributed by atoms with Crippen LogP contribution in [0, 0.1) is 19.6 Å². The van der Waals surface area contributed by atoms with E-state index in [9.17, 15) is 25.0 Å². The third-order valence-corrected chi connectivity index (χ3v) is 6.51. The van der Waals surface area contributed by atoms with E-state index in [1.54, 1.807) is 5.32 Å². The Kier molecular flexibility index (Phi) is 5.18. The number of ether oxygens (including phenoxy) is 1. The fourth-order valence-corrected chi connectivity index (χ4v) is 4.46. The molecule has 3 aromatic rings. The van der Waals surface area contributed by atoms with Crippen molar-refractivity contribution in [3.05, 3.63) is 101 Å². The Labute approximate surface area is 307 Å². The Morgan fingerprint density at radius 3 is 2.48 bits per heavy atom. The predicted octanol–water partition coefficient (Wildman–Crippen LogP) is 4.33. The zero-order valence-corrected chi connectivity index (χ0v) is 24.3. The highest BCUT2D eigenvalue weighted by molar-refractivity contribution is 5.87. The molecule has 4 rings (SSSR count). The summed E-state index contributed by atoms with van der Waals surface area (Å²) >= 11 is 0. The number of urea groups is 1. The Bertz CT molecular complexity index is 2430. The number of rotatable bonds is 15. The SMILES string of the molecule is [2H]c1c([2H])c([2H])c(C([2H])([2H])[C@]([2H])(NC(=O)COc2c(C([2H])([2H])[2H])c([2H])c([2H])c([2H])c2C([2H])([2H])[2H])[C@@H](O)C[C@H](Cc2ccccc2)NC(=O)[C@@]([2H])(N2CCCNC2=O)C([2H])(C([2H])([2H])[2H])C([2H])([2H])[2H])c([2H])c1[2H]. The van der Waals surface area contributed by atoms with E-state index < -0.39 is 178 Å². The molecule has 0 bridgehead atoms. The molecular formula is C37H48N4O5. The van der Waals surface area contributed by atoms with Crippen LogP contribution in [0.5, 0.6) is 5.75 Å². The molecule has 246 valence electrons. The van der Waals surface area contributed by atoms with Crippen LogP contribution in [0.2, 0.25) is 0 Å². The summed E-state index contributed by atoms with van der Waals surface area (Å²) in [5.74, 6) is -9.12. The highest BCUT2D eigenvalue weighted by atomic mass is 16.5. The molecule has 1 heterocycles. The van der Waals surface area contributed by atoms with Crippen molar-refractivity contribution < 1.29 is 58.5 Å². The fourth-order valence-electron chi connectivity index (χ4n) is 4.46. The van der Waals surface area contributed by atoms with Gasteiger partial charge in [-0.15, -0.1) is 0 Å². The van der Waals surface area contributed by atoms with E-state index in [1.807, 2.05) is 0 Å². The van der Waals surface area contributed by atoms with Gasteiger partial charge in [0.15, 0.2) is 6.61 Å². The molecular weight excluding hydrogens is 580 g/mol. The van der Waals surface area contributed by atoms with Gasteiger partial charge in [-0.2, -0.15) is 0 Å². The molecule has 1 aliphatic heterocycles. The van der Waals surface area contributed by atoms with E-state index in [4.69, 9.17) is 33.5 Å². The summed E-state index contributed by atoms with van der Waals surface area (Å²) in [5.41, 5.74) is -3.61. The zero-order chi connectivity index (χ0) is 54.6. The van der Waals surface area contributed by atoms with E-state index in [1.165, 1.54) is 30.3 Å². The van der Waals surface area contributed by atoms with Gasteiger partial charge in [-0.05, 0) is 67.5 Å². The fraction of sp³-hybridized carbons (Fsp3) is 0.432. The van der Waals surface area contributed by atoms with Crippen LogP contribution in [-0.4, -0.2) is 71.7 Å². The largest absolute Gasteiger partial charge is 0.483 e. The van der Waals surface area contributed by atoms with Crippen LogP contribution in [0.1, 0.15) is 83.1 Å². The molecule has 0 spiro atoms. The van der Waals surface area contributed by atoms with Crippen molar-refractivity contribution in [3.8, 4) is 5.75 Å². The van der Waals surface area contributed by atoms with Gasteiger partial charge in [-0.25, -0.2) is 4.79 Å². The third kappa shape index (κ3) is 9.81. The lowest BCUT2D eigenvalue weighted by Crippen LogP contribution is -2.59. The molecule has 0 aliphatic carbocycles. The van der Waals surface area contributed by atoms with Crippen molar-refractivity contribution in [3.63, 3.8) is 0 Å². The van der Waals surface area contributed by atoms with Gasteiger partial charge in [0.2, 0.25) is 5.91 Å². The molecule has 1 fully saturated rings. The molecule has 9 nitrogen and oxygen atoms in total. The third-order valence-electron chi connectivity index (χ3n) is 6.51. The van der Waals surface area contributed by atoms with Crippen LogP contribution >= 0.6 is 0 Å². The Balaban J connectivity index is 1.96. The number of hydrogen-bond donors (Lipinski definition) is 4. The molecule has 4 N–H and O–H groups in total. The molecule has 3 aromatic carbocycles. The van der Waals surface area contributed by atoms with E-state index in [0.29, 0.717) is 0 Å². The quantitative estimate of drug-likeness (QED) is 0.195. The van der Waals surface area contributed by atoms with Crippen molar-refractivity contribution in [1.82, 2.24) is 20.9 Å². The van der Waals surface area contributed by atoms with Gasteiger partial charge in [0.25, 0.3) is 5.91 Å². The van der Waals surface area contributed by atoms with Gasteiger partial charge in [0.05, 0.1) is 25.8 Å². The van der Waals surface area contributed by atoms with Crippen molar-refractivity contribution in [2.24, 2.45) is 5.89 Å². The summed E-state index contributed by atoms with van der Waals surface area (Å²) in [7, 11) is 0. The number of hydrogen-bond acceptors (Lipinski definition) is 5. The first-order chi connectivity index (χ1) is 32.2. The normalized spacial score (nSPS) is 26.7. The zero-order valence-electron chi connectivity index (χ0n) is 49.3. The highest BCUT2D eigenvalue weighted by Crippen LogP contribution is 2.22. The minimum absolute atomic E-state index is 0.0734. The van der Waals surface area contributed by atoms with Crippen LogP contribution in [0.15, 0.2) is 78.7 Å². The van der Waals surface area contributed by atoms with Crippen LogP contribution in [0.25, 0.3) is 0 Å². The monoisotopic (exact) mass is 654 g/mol. The average molecular weight is 654 g/mol. The summed E-state index contributed by atoms with van der Waals surface area (Å²) in [6, 6.07) is -13.0. The van der Waals surface area contributed by atoms with E-state index in [-0.39, 0.29) is 23.4 Å². The molecule has 4 atom stereocenters. The molecule has 9 heteroatoms. The maximum absolute atomic E-state index is 14.7. The number of aliphatic hydroxyl groups excluding tert-OH is 1. The molecule has 4 amide bonds. The Hall–Kier alpha value is -4.37. The van der Waals surface area contributed by atoms with Gasteiger partial charge >= 0.3 is 6.03 Å². The number of aliphatic hydroxyl groups is 1. The molecule has 46 heavy (non-hydrogen) atoms. The van der Waals surface area contributed by atoms with E-state index in [0.717, 1.165) is 0 Å². The topological polar surface area (TPSA) is 120 Å². The van der Waals surface area contributed by atoms with Crippen molar-refractivity contribution in [1.29, 1.82) is 0 Å². The number of nitrogens with one attached hydrogen (secondary N) is 3. The minimum atomic E-state index is -4.14. The van der Waals surface area contributed by atoms with Gasteiger partial charge < -0.3 is 30.7 Å². The van der Waals surface area contributed by atoms with Gasteiger partial charge in [0.1, 0.15) is 11.8 Å². The van der Waals surface area contributed by atoms with E-state index in [2.05, 4.69) is 10.6 Å². The number of carbonyl (C=O) groups is 3. The van der Waals surface area contributed by atoms with Crippen LogP contribution in [0.3, 0.4) is 0 Å². The summed E-state index contributed by atoms with van der Waals surface area (Å²) in [6.45, 7) is -17.3. The second kappa shape index (κ2) is 16.8. The Morgan fingerprint density at radius 1 is 1.07 bits per heavy atom. The minimum Gasteiger partial charge on any atom is -0.483 e. The second-order valence-electron chi connectivity index (χ2n) is 9.90. The average Bonchev–Trinajstić information content (AvgIpc) is 3.24. The van der Waals surface area contributed by atoms with Crippen molar-refractivity contribution >= 4 is 17.8 Å². The summed E-state index contributed by atoms with van der Waals surface area (Å²) < 4.78 is 214. The highest BCUT2D eigenvalue weighted by Gasteiger charge is 2.35. The smallest absolute Gasteiger partial charge is 0.318 e. The first-order valence-electron chi connectivity index (χ1n) is 26.4. The number of benzene rings is 3. The summed E-state index contributed by atoms with van der Waals surface area (Å²) in [6.07, 6.45) is -8.59.